The number of amides is 1. The molecule has 0 aliphatic rings. The number of rotatable bonds is 4. The van der Waals surface area contributed by atoms with Crippen LogP contribution in [0, 0.1) is 10.5 Å². The first-order valence-electron chi connectivity index (χ1n) is 6.50. The standard InChI is InChI=1S/C15H14ClIN2O3S/c1-9-3-5-11(8-14(9)19-23(2,21)22)18-15(20)12-7-10(16)4-6-13(12)17/h3-8,19H,1-2H3,(H,18,20). The molecule has 0 fully saturated rings. The smallest absolute Gasteiger partial charge is 0.256 e. The molecule has 23 heavy (non-hydrogen) atoms. The summed E-state index contributed by atoms with van der Waals surface area (Å²) in [6.07, 6.45) is 1.08. The zero-order chi connectivity index (χ0) is 17.2. The van der Waals surface area contributed by atoms with Crippen LogP contribution in [0.15, 0.2) is 36.4 Å². The van der Waals surface area contributed by atoms with Gasteiger partial charge in [0.25, 0.3) is 5.91 Å². The van der Waals surface area contributed by atoms with Crippen LogP contribution in [-0.2, 0) is 10.0 Å². The largest absolute Gasteiger partial charge is 0.322 e. The summed E-state index contributed by atoms with van der Waals surface area (Å²) in [5.74, 6) is -0.314. The number of carbonyl (C=O) groups excluding carboxylic acids is 1. The first-order valence-corrected chi connectivity index (χ1v) is 9.85. The van der Waals surface area contributed by atoms with Gasteiger partial charge in [-0.15, -0.1) is 0 Å². The first-order chi connectivity index (χ1) is 10.7. The number of carbonyl (C=O) groups is 1. The fraction of sp³-hybridized carbons (Fsp3) is 0.133. The Hall–Kier alpha value is -1.32. The molecule has 0 spiro atoms. The van der Waals surface area contributed by atoms with Gasteiger partial charge in [-0.2, -0.15) is 0 Å². The van der Waals surface area contributed by atoms with E-state index in [-0.39, 0.29) is 5.91 Å². The summed E-state index contributed by atoms with van der Waals surface area (Å²) in [5.41, 5.74) is 2.12. The van der Waals surface area contributed by atoms with E-state index in [2.05, 4.69) is 32.6 Å². The van der Waals surface area contributed by atoms with Gasteiger partial charge in [-0.1, -0.05) is 17.7 Å². The van der Waals surface area contributed by atoms with Crippen LogP contribution >= 0.6 is 34.2 Å². The second kappa shape index (κ2) is 7.06. The van der Waals surface area contributed by atoms with Gasteiger partial charge in [0.1, 0.15) is 0 Å². The van der Waals surface area contributed by atoms with Crippen molar-refractivity contribution in [2.45, 2.75) is 6.92 Å². The molecule has 122 valence electrons. The fourth-order valence-electron chi connectivity index (χ4n) is 1.88. The van der Waals surface area contributed by atoms with Gasteiger partial charge in [-0.3, -0.25) is 9.52 Å². The third-order valence-corrected chi connectivity index (χ3v) is 4.73. The summed E-state index contributed by atoms with van der Waals surface area (Å²) in [4.78, 5) is 12.4. The molecule has 0 heterocycles. The monoisotopic (exact) mass is 464 g/mol. The van der Waals surface area contributed by atoms with E-state index in [1.165, 1.54) is 0 Å². The number of hydrogen-bond donors (Lipinski definition) is 2. The van der Waals surface area contributed by atoms with Gasteiger partial charge in [0.05, 0.1) is 17.5 Å². The van der Waals surface area contributed by atoms with Gasteiger partial charge in [0.2, 0.25) is 10.0 Å². The zero-order valence-corrected chi connectivity index (χ0v) is 16.1. The van der Waals surface area contributed by atoms with Crippen LogP contribution in [0.3, 0.4) is 0 Å². The number of anilines is 2. The van der Waals surface area contributed by atoms with Gasteiger partial charge in [0, 0.05) is 14.3 Å². The lowest BCUT2D eigenvalue weighted by Crippen LogP contribution is -2.15. The van der Waals surface area contributed by atoms with Crippen molar-refractivity contribution in [3.05, 3.63) is 56.1 Å². The number of aryl methyl sites for hydroxylation is 1. The van der Waals surface area contributed by atoms with E-state index in [9.17, 15) is 13.2 Å². The van der Waals surface area contributed by atoms with Gasteiger partial charge in [-0.05, 0) is 65.4 Å². The maximum atomic E-state index is 12.4. The lowest BCUT2D eigenvalue weighted by atomic mass is 10.1. The fourth-order valence-corrected chi connectivity index (χ4v) is 3.25. The Labute approximate surface area is 153 Å². The molecule has 0 aliphatic heterocycles. The van der Waals surface area contributed by atoms with E-state index in [0.717, 1.165) is 15.4 Å². The van der Waals surface area contributed by atoms with E-state index >= 15 is 0 Å². The molecular formula is C15H14ClIN2O3S. The predicted molar refractivity (Wildman–Crippen MR) is 102 cm³/mol. The Morgan fingerprint density at radius 1 is 1.17 bits per heavy atom. The maximum Gasteiger partial charge on any atom is 0.256 e. The molecule has 0 radical (unpaired) electrons. The molecule has 2 rings (SSSR count). The predicted octanol–water partition coefficient (Wildman–Crippen LogP) is 3.88. The SMILES string of the molecule is Cc1ccc(NC(=O)c2cc(Cl)ccc2I)cc1NS(C)(=O)=O. The van der Waals surface area contributed by atoms with Crippen molar-refractivity contribution in [3.8, 4) is 0 Å². The average molecular weight is 465 g/mol. The molecule has 2 aromatic rings. The molecule has 2 N–H and O–H groups in total. The van der Waals surface area contributed by atoms with Crippen LogP contribution in [0.25, 0.3) is 0 Å². The molecule has 0 saturated carbocycles. The number of benzene rings is 2. The van der Waals surface area contributed by atoms with Crippen molar-refractivity contribution in [3.63, 3.8) is 0 Å². The molecule has 2 aromatic carbocycles. The molecule has 0 aromatic heterocycles. The first kappa shape index (κ1) is 18.0. The summed E-state index contributed by atoms with van der Waals surface area (Å²) >= 11 is 7.98. The Morgan fingerprint density at radius 2 is 1.87 bits per heavy atom. The highest BCUT2D eigenvalue weighted by atomic mass is 127. The molecule has 0 saturated heterocycles. The highest BCUT2D eigenvalue weighted by molar-refractivity contribution is 14.1. The minimum atomic E-state index is -3.39. The van der Waals surface area contributed by atoms with E-state index in [1.807, 2.05) is 0 Å². The van der Waals surface area contributed by atoms with Crippen molar-refractivity contribution >= 4 is 61.5 Å². The molecule has 0 aliphatic carbocycles. The highest BCUT2D eigenvalue weighted by Crippen LogP contribution is 2.23. The van der Waals surface area contributed by atoms with Crippen molar-refractivity contribution in [1.82, 2.24) is 0 Å². The van der Waals surface area contributed by atoms with Crippen molar-refractivity contribution in [2.24, 2.45) is 0 Å². The van der Waals surface area contributed by atoms with Gasteiger partial charge >= 0.3 is 0 Å². The molecule has 0 unspecified atom stereocenters. The van der Waals surface area contributed by atoms with Crippen LogP contribution in [0.5, 0.6) is 0 Å². The zero-order valence-electron chi connectivity index (χ0n) is 12.4. The van der Waals surface area contributed by atoms with Crippen LogP contribution in [0.1, 0.15) is 15.9 Å². The molecular weight excluding hydrogens is 451 g/mol. The Bertz CT molecular complexity index is 869. The number of hydrogen-bond acceptors (Lipinski definition) is 3. The molecule has 0 atom stereocenters. The number of sulfonamides is 1. The average Bonchev–Trinajstić information content (AvgIpc) is 2.43. The van der Waals surface area contributed by atoms with Crippen LogP contribution in [0.4, 0.5) is 11.4 Å². The number of nitrogens with one attached hydrogen (secondary N) is 2. The van der Waals surface area contributed by atoms with Crippen LogP contribution < -0.4 is 10.0 Å². The molecule has 0 bridgehead atoms. The van der Waals surface area contributed by atoms with Gasteiger partial charge < -0.3 is 5.32 Å². The van der Waals surface area contributed by atoms with E-state index in [0.29, 0.717) is 22.0 Å². The Morgan fingerprint density at radius 3 is 2.52 bits per heavy atom. The lowest BCUT2D eigenvalue weighted by molar-refractivity contribution is 0.102. The van der Waals surface area contributed by atoms with Crippen molar-refractivity contribution < 1.29 is 13.2 Å². The van der Waals surface area contributed by atoms with Gasteiger partial charge in [-0.25, -0.2) is 8.42 Å². The highest BCUT2D eigenvalue weighted by Gasteiger charge is 2.12. The summed E-state index contributed by atoms with van der Waals surface area (Å²) < 4.78 is 25.9. The van der Waals surface area contributed by atoms with Crippen molar-refractivity contribution in [2.75, 3.05) is 16.3 Å². The van der Waals surface area contributed by atoms with Crippen LogP contribution in [-0.4, -0.2) is 20.6 Å². The van der Waals surface area contributed by atoms with E-state index < -0.39 is 10.0 Å². The molecule has 8 heteroatoms. The minimum absolute atomic E-state index is 0.314. The second-order valence-corrected chi connectivity index (χ2v) is 8.33. The van der Waals surface area contributed by atoms with Crippen molar-refractivity contribution in [1.29, 1.82) is 0 Å². The Balaban J connectivity index is 2.28. The lowest BCUT2D eigenvalue weighted by Gasteiger charge is -2.12. The molecule has 1 amide bonds. The topological polar surface area (TPSA) is 75.3 Å². The van der Waals surface area contributed by atoms with E-state index in [4.69, 9.17) is 11.6 Å². The summed E-state index contributed by atoms with van der Waals surface area (Å²) in [6.45, 7) is 1.78. The second-order valence-electron chi connectivity index (χ2n) is 4.98. The Kier molecular flexibility index (Phi) is 5.53. The molecule has 5 nitrogen and oxygen atoms in total. The maximum absolute atomic E-state index is 12.4. The third kappa shape index (κ3) is 5.08. The summed E-state index contributed by atoms with van der Waals surface area (Å²) in [7, 11) is -3.39. The number of halogens is 2. The quantitative estimate of drug-likeness (QED) is 0.675. The van der Waals surface area contributed by atoms with Gasteiger partial charge in [0.15, 0.2) is 0 Å². The normalized spacial score (nSPS) is 11.1. The van der Waals surface area contributed by atoms with Crippen LogP contribution in [0.2, 0.25) is 5.02 Å². The minimum Gasteiger partial charge on any atom is -0.322 e. The summed E-state index contributed by atoms with van der Waals surface area (Å²) in [6, 6.07) is 10.1. The van der Waals surface area contributed by atoms with E-state index in [1.54, 1.807) is 43.3 Å². The summed E-state index contributed by atoms with van der Waals surface area (Å²) in [5, 5.41) is 3.21. The third-order valence-electron chi connectivity index (χ3n) is 2.96.